The molecule has 13 heavy (non-hydrogen) atoms. The summed E-state index contributed by atoms with van der Waals surface area (Å²) in [7, 11) is 0. The normalized spacial score (nSPS) is 9.08. The van der Waals surface area contributed by atoms with E-state index in [1.165, 1.54) is 6.08 Å². The summed E-state index contributed by atoms with van der Waals surface area (Å²) in [5, 5.41) is 20.0. The van der Waals surface area contributed by atoms with Crippen LogP contribution in [0, 0.1) is 0 Å². The van der Waals surface area contributed by atoms with E-state index in [9.17, 15) is 19.8 Å². The molecule has 0 bridgehead atoms. The molecule has 0 radical (unpaired) electrons. The molecule has 0 heterocycles. The molecule has 0 unspecified atom stereocenters. The third-order valence-corrected chi connectivity index (χ3v) is 0.919. The van der Waals surface area contributed by atoms with Gasteiger partial charge in [0.15, 0.2) is 0 Å². The third-order valence-electron chi connectivity index (χ3n) is 0.919. The van der Waals surface area contributed by atoms with Crippen LogP contribution in [0.4, 0.5) is 0 Å². The quantitative estimate of drug-likeness (QED) is 0.256. The number of carbonyl (C=O) groups is 2. The first-order valence-electron chi connectivity index (χ1n) is 2.81. The number of allylic oxidation sites excluding steroid dienone is 1. The van der Waals surface area contributed by atoms with Crippen molar-refractivity contribution in [1.82, 2.24) is 0 Å². The molecule has 0 aliphatic rings. The largest absolute Gasteiger partial charge is 1.00 e. The molecule has 0 aromatic carbocycles. The maximum absolute atomic E-state index is 10.1. The number of aliphatic carboxylic acids is 2. The molecule has 0 aliphatic heterocycles. The van der Waals surface area contributed by atoms with Gasteiger partial charge in [-0.15, -0.1) is 6.58 Å². The zero-order chi connectivity index (χ0) is 8.85. The minimum Gasteiger partial charge on any atom is -0.545 e. The van der Waals surface area contributed by atoms with Gasteiger partial charge in [0.2, 0.25) is 0 Å². The summed E-state index contributed by atoms with van der Waals surface area (Å²) in [6, 6.07) is 0. The van der Waals surface area contributed by atoms with Gasteiger partial charge >= 0.3 is 59.1 Å². The average molecular weight is 200 g/mol. The molecule has 0 fully saturated rings. The zero-order valence-electron chi connectivity index (χ0n) is 7.70. The van der Waals surface area contributed by atoms with Gasteiger partial charge in [-0.25, -0.2) is 0 Å². The Balaban J connectivity index is -0.000000500. The molecule has 4 nitrogen and oxygen atoms in total. The summed E-state index contributed by atoms with van der Waals surface area (Å²) < 4.78 is 0. The van der Waals surface area contributed by atoms with Crippen LogP contribution < -0.4 is 69.3 Å². The van der Waals surface area contributed by atoms with E-state index in [0.717, 1.165) is 0 Å². The summed E-state index contributed by atoms with van der Waals surface area (Å²) in [5.74, 6) is -3.07. The van der Waals surface area contributed by atoms with E-state index in [1.807, 2.05) is 0 Å². The summed E-state index contributed by atoms with van der Waals surface area (Å²) >= 11 is 0. The number of carbonyl (C=O) groups excluding carboxylic acids is 2. The molecule has 0 saturated heterocycles. The van der Waals surface area contributed by atoms with Crippen molar-refractivity contribution >= 4 is 11.9 Å². The number of rotatable bonds is 4. The van der Waals surface area contributed by atoms with Crippen molar-refractivity contribution < 1.29 is 78.9 Å². The van der Waals surface area contributed by atoms with E-state index in [0.29, 0.717) is 6.08 Å². The average Bonchev–Trinajstić information content (AvgIpc) is 1.86. The minimum absolute atomic E-state index is 0. The van der Waals surface area contributed by atoms with Gasteiger partial charge in [0.05, 0.1) is 11.9 Å². The fraction of sp³-hybridized carbons (Fsp3) is 0.143. The van der Waals surface area contributed by atoms with Crippen molar-refractivity contribution in [3.05, 3.63) is 24.3 Å². The van der Waals surface area contributed by atoms with Crippen LogP contribution >= 0.6 is 0 Å². The van der Waals surface area contributed by atoms with E-state index in [1.54, 1.807) is 0 Å². The van der Waals surface area contributed by atoms with Crippen molar-refractivity contribution in [2.45, 2.75) is 6.42 Å². The molecular formula is C7H6Na2O4. The minimum atomic E-state index is -1.55. The second-order valence-corrected chi connectivity index (χ2v) is 1.77. The van der Waals surface area contributed by atoms with Gasteiger partial charge in [0, 0.05) is 0 Å². The Hall–Kier alpha value is 0.420. The van der Waals surface area contributed by atoms with Crippen molar-refractivity contribution in [2.24, 2.45) is 0 Å². The number of carboxylic acid groups (broad SMARTS) is 2. The van der Waals surface area contributed by atoms with Crippen LogP contribution in [0.2, 0.25) is 0 Å². The van der Waals surface area contributed by atoms with Gasteiger partial charge in [0.25, 0.3) is 0 Å². The summed E-state index contributed by atoms with van der Waals surface area (Å²) in [6.07, 6.45) is 1.71. The van der Waals surface area contributed by atoms with Crippen LogP contribution in [-0.4, -0.2) is 11.9 Å². The molecule has 60 valence electrons. The molecule has 0 aromatic rings. The Morgan fingerprint density at radius 1 is 1.23 bits per heavy atom. The monoisotopic (exact) mass is 200 g/mol. The van der Waals surface area contributed by atoms with Gasteiger partial charge in [-0.2, -0.15) is 0 Å². The molecule has 0 N–H and O–H groups in total. The van der Waals surface area contributed by atoms with Gasteiger partial charge in [-0.05, 0) is 18.1 Å². The molecule has 0 rings (SSSR count). The van der Waals surface area contributed by atoms with Crippen LogP contribution in [0.3, 0.4) is 0 Å². The van der Waals surface area contributed by atoms with Crippen LogP contribution in [-0.2, 0) is 9.59 Å². The Kier molecular flexibility index (Phi) is 15.4. The smallest absolute Gasteiger partial charge is 0.545 e. The van der Waals surface area contributed by atoms with Crippen LogP contribution in [0.15, 0.2) is 24.3 Å². The standard InChI is InChI=1S/C7H8O4.2Na/c1-2-3-5(7(10)11)4-6(8)9;;/h2,4H,1,3H2,(H,8,9)(H,10,11);;/q;2*+1/p-2/b5-4+;;. The van der Waals surface area contributed by atoms with E-state index in [2.05, 4.69) is 6.58 Å². The topological polar surface area (TPSA) is 80.3 Å². The van der Waals surface area contributed by atoms with E-state index in [-0.39, 0.29) is 71.1 Å². The van der Waals surface area contributed by atoms with Gasteiger partial charge in [-0.3, -0.25) is 0 Å². The first-order valence-corrected chi connectivity index (χ1v) is 2.81. The third kappa shape index (κ3) is 10.3. The Morgan fingerprint density at radius 3 is 1.92 bits per heavy atom. The van der Waals surface area contributed by atoms with Gasteiger partial charge in [-0.1, -0.05) is 6.08 Å². The predicted molar refractivity (Wildman–Crippen MR) is 32.9 cm³/mol. The Bertz CT molecular complexity index is 223. The molecule has 0 aromatic heterocycles. The van der Waals surface area contributed by atoms with Crippen molar-refractivity contribution in [2.75, 3.05) is 0 Å². The first kappa shape index (κ1) is 19.1. The van der Waals surface area contributed by atoms with E-state index < -0.39 is 11.9 Å². The van der Waals surface area contributed by atoms with Crippen molar-refractivity contribution in [3.8, 4) is 0 Å². The van der Waals surface area contributed by atoms with E-state index in [4.69, 9.17) is 0 Å². The molecule has 0 spiro atoms. The fourth-order valence-corrected chi connectivity index (χ4v) is 0.499. The maximum Gasteiger partial charge on any atom is 1.00 e. The Morgan fingerprint density at radius 2 is 1.69 bits per heavy atom. The molecule has 0 saturated carbocycles. The molecule has 0 atom stereocenters. The SMILES string of the molecule is C=CC/C(=C\C(=O)[O-])C(=O)[O-].[Na+].[Na+]. The molecule has 0 amide bonds. The summed E-state index contributed by atoms with van der Waals surface area (Å²) in [4.78, 5) is 20.0. The first-order chi connectivity index (χ1) is 5.07. The van der Waals surface area contributed by atoms with Gasteiger partial charge in [0.1, 0.15) is 0 Å². The number of carboxylic acids is 2. The predicted octanol–water partition coefficient (Wildman–Crippen LogP) is -8.00. The van der Waals surface area contributed by atoms with Crippen molar-refractivity contribution in [3.63, 3.8) is 0 Å². The molecule has 6 heteroatoms. The summed E-state index contributed by atoms with van der Waals surface area (Å²) in [6.45, 7) is 3.24. The number of hydrogen-bond acceptors (Lipinski definition) is 4. The summed E-state index contributed by atoms with van der Waals surface area (Å²) in [5.41, 5.74) is -0.347. The second kappa shape index (κ2) is 10.5. The zero-order valence-corrected chi connectivity index (χ0v) is 11.7. The number of hydrogen-bond donors (Lipinski definition) is 0. The second-order valence-electron chi connectivity index (χ2n) is 1.77. The van der Waals surface area contributed by atoms with Crippen molar-refractivity contribution in [1.29, 1.82) is 0 Å². The van der Waals surface area contributed by atoms with Crippen LogP contribution in [0.5, 0.6) is 0 Å². The fourth-order valence-electron chi connectivity index (χ4n) is 0.499. The molecule has 0 aliphatic carbocycles. The van der Waals surface area contributed by atoms with Crippen LogP contribution in [0.1, 0.15) is 6.42 Å². The molecular weight excluding hydrogens is 194 g/mol. The Labute approximate surface area is 120 Å². The maximum atomic E-state index is 10.1. The van der Waals surface area contributed by atoms with Gasteiger partial charge < -0.3 is 19.8 Å². The van der Waals surface area contributed by atoms with E-state index >= 15 is 0 Å². The van der Waals surface area contributed by atoms with Crippen LogP contribution in [0.25, 0.3) is 0 Å².